The van der Waals surface area contributed by atoms with Crippen molar-refractivity contribution in [1.82, 2.24) is 4.72 Å². The topological polar surface area (TPSA) is 99.4 Å². The first-order valence-corrected chi connectivity index (χ1v) is 7.76. The number of hydrogen-bond donors (Lipinski definition) is 2. The Morgan fingerprint density at radius 1 is 1.45 bits per heavy atom. The number of nitriles is 1. The second-order valence-corrected chi connectivity index (χ2v) is 6.13. The summed E-state index contributed by atoms with van der Waals surface area (Å²) < 4.78 is 30.9. The first-order chi connectivity index (χ1) is 9.48. The van der Waals surface area contributed by atoms with Crippen LogP contribution in [0.25, 0.3) is 0 Å². The van der Waals surface area contributed by atoms with E-state index in [-0.39, 0.29) is 25.3 Å². The zero-order chi connectivity index (χ0) is 15.0. The van der Waals surface area contributed by atoms with Crippen LogP contribution in [0.1, 0.15) is 17.5 Å². The molecule has 20 heavy (non-hydrogen) atoms. The van der Waals surface area contributed by atoms with Crippen LogP contribution in [0.15, 0.2) is 24.3 Å². The Morgan fingerprint density at radius 3 is 2.80 bits per heavy atom. The molecule has 0 saturated heterocycles. The van der Waals surface area contributed by atoms with E-state index in [0.717, 1.165) is 0 Å². The Bertz CT molecular complexity index is 566. The van der Waals surface area contributed by atoms with Gasteiger partial charge < -0.3 is 9.84 Å². The quantitative estimate of drug-likeness (QED) is 0.722. The van der Waals surface area contributed by atoms with E-state index >= 15 is 0 Å². The van der Waals surface area contributed by atoms with Gasteiger partial charge >= 0.3 is 0 Å². The van der Waals surface area contributed by atoms with E-state index in [0.29, 0.717) is 11.1 Å². The number of sulfonamides is 1. The lowest BCUT2D eigenvalue weighted by Crippen LogP contribution is -2.29. The van der Waals surface area contributed by atoms with Crippen molar-refractivity contribution in [2.45, 2.75) is 18.3 Å². The molecule has 6 nitrogen and oxygen atoms in total. The van der Waals surface area contributed by atoms with Crippen LogP contribution in [0.4, 0.5) is 0 Å². The molecule has 7 heteroatoms. The van der Waals surface area contributed by atoms with Gasteiger partial charge in [0.1, 0.15) is 0 Å². The molecule has 1 unspecified atom stereocenters. The van der Waals surface area contributed by atoms with E-state index in [1.54, 1.807) is 24.3 Å². The van der Waals surface area contributed by atoms with Crippen LogP contribution in [-0.4, -0.2) is 39.9 Å². The molecule has 1 atom stereocenters. The van der Waals surface area contributed by atoms with Crippen LogP contribution < -0.4 is 4.72 Å². The van der Waals surface area contributed by atoms with Crippen molar-refractivity contribution in [1.29, 1.82) is 5.26 Å². The third kappa shape index (κ3) is 5.67. The molecule has 110 valence electrons. The lowest BCUT2D eigenvalue weighted by molar-refractivity contribution is 0.0603. The van der Waals surface area contributed by atoms with Crippen LogP contribution in [0.2, 0.25) is 0 Å². The van der Waals surface area contributed by atoms with Gasteiger partial charge in [0, 0.05) is 13.7 Å². The fourth-order valence-corrected chi connectivity index (χ4v) is 2.86. The van der Waals surface area contributed by atoms with E-state index in [1.165, 1.54) is 7.11 Å². The van der Waals surface area contributed by atoms with Crippen LogP contribution in [0.3, 0.4) is 0 Å². The minimum atomic E-state index is -3.53. The molecule has 0 bridgehead atoms. The van der Waals surface area contributed by atoms with E-state index in [2.05, 4.69) is 4.72 Å². The number of benzene rings is 1. The largest absolute Gasteiger partial charge is 0.391 e. The molecule has 0 aliphatic rings. The number of aliphatic hydroxyl groups is 1. The summed E-state index contributed by atoms with van der Waals surface area (Å²) in [5.41, 5.74) is 0.803. The zero-order valence-corrected chi connectivity index (χ0v) is 12.1. The van der Waals surface area contributed by atoms with Gasteiger partial charge in [0.05, 0.1) is 30.1 Å². The van der Waals surface area contributed by atoms with Crippen LogP contribution in [0, 0.1) is 11.3 Å². The Morgan fingerprint density at radius 2 is 2.15 bits per heavy atom. The molecule has 0 heterocycles. The fraction of sp³-hybridized carbons (Fsp3) is 0.462. The summed E-state index contributed by atoms with van der Waals surface area (Å²) in [6.45, 7) is 0.292. The minimum Gasteiger partial charge on any atom is -0.391 e. The number of nitrogens with zero attached hydrogens (tertiary/aromatic N) is 1. The molecule has 1 aromatic carbocycles. The third-order valence-corrected chi connectivity index (χ3v) is 3.98. The lowest BCUT2D eigenvalue weighted by Gasteiger charge is -2.11. The van der Waals surface area contributed by atoms with E-state index in [1.807, 2.05) is 6.07 Å². The smallest absolute Gasteiger partial charge is 0.215 e. The van der Waals surface area contributed by atoms with Crippen molar-refractivity contribution in [2.24, 2.45) is 0 Å². The standard InChI is InChI=1S/C13H18N2O4S/c1-19-9-13(16)6-7-15-20(17,18)10-12-5-3-2-4-11(12)8-14/h2-5,13,15-16H,6-7,9-10H2,1H3. The number of rotatable bonds is 8. The van der Waals surface area contributed by atoms with Gasteiger partial charge in [-0.05, 0) is 18.1 Å². The Hall–Kier alpha value is -1.46. The number of hydrogen-bond acceptors (Lipinski definition) is 5. The van der Waals surface area contributed by atoms with Crippen LogP contribution >= 0.6 is 0 Å². The maximum absolute atomic E-state index is 11.9. The molecule has 0 fully saturated rings. The van der Waals surface area contributed by atoms with Gasteiger partial charge in [0.25, 0.3) is 0 Å². The predicted molar refractivity (Wildman–Crippen MR) is 74.3 cm³/mol. The maximum atomic E-state index is 11.9. The Labute approximate surface area is 119 Å². The van der Waals surface area contributed by atoms with Gasteiger partial charge in [-0.1, -0.05) is 18.2 Å². The summed E-state index contributed by atoms with van der Waals surface area (Å²) in [7, 11) is -2.07. The van der Waals surface area contributed by atoms with Crippen molar-refractivity contribution in [3.63, 3.8) is 0 Å². The number of nitrogens with one attached hydrogen (secondary N) is 1. The molecule has 0 saturated carbocycles. The fourth-order valence-electron chi connectivity index (χ4n) is 1.67. The second-order valence-electron chi connectivity index (χ2n) is 4.32. The summed E-state index contributed by atoms with van der Waals surface area (Å²) in [5, 5.41) is 18.3. The molecule has 0 aliphatic carbocycles. The minimum absolute atomic E-state index is 0.127. The number of aliphatic hydroxyl groups excluding tert-OH is 1. The van der Waals surface area contributed by atoms with Crippen LogP contribution in [-0.2, 0) is 20.5 Å². The highest BCUT2D eigenvalue weighted by atomic mass is 32.2. The number of ether oxygens (including phenoxy) is 1. The van der Waals surface area contributed by atoms with Gasteiger partial charge in [-0.2, -0.15) is 5.26 Å². The van der Waals surface area contributed by atoms with Gasteiger partial charge in [-0.3, -0.25) is 0 Å². The van der Waals surface area contributed by atoms with Gasteiger partial charge in [0.15, 0.2) is 0 Å². The van der Waals surface area contributed by atoms with Crippen molar-refractivity contribution >= 4 is 10.0 Å². The third-order valence-electron chi connectivity index (χ3n) is 2.64. The predicted octanol–water partition coefficient (Wildman–Crippen LogP) is 0.375. The normalized spacial score (nSPS) is 12.8. The van der Waals surface area contributed by atoms with Crippen molar-refractivity contribution < 1.29 is 18.3 Å². The maximum Gasteiger partial charge on any atom is 0.215 e. The van der Waals surface area contributed by atoms with Crippen molar-refractivity contribution in [3.05, 3.63) is 35.4 Å². The number of methoxy groups -OCH3 is 1. The average Bonchev–Trinajstić information content (AvgIpc) is 2.39. The summed E-state index contributed by atoms with van der Waals surface area (Å²) >= 11 is 0. The SMILES string of the molecule is COCC(O)CCNS(=O)(=O)Cc1ccccc1C#N. The molecule has 0 aromatic heterocycles. The monoisotopic (exact) mass is 298 g/mol. The Balaban J connectivity index is 2.56. The van der Waals surface area contributed by atoms with Crippen molar-refractivity contribution in [2.75, 3.05) is 20.3 Å². The Kier molecular flexibility index (Phi) is 6.61. The summed E-state index contributed by atoms with van der Waals surface area (Å²) in [5.74, 6) is -0.253. The molecule has 1 aromatic rings. The van der Waals surface area contributed by atoms with E-state index < -0.39 is 16.1 Å². The zero-order valence-electron chi connectivity index (χ0n) is 11.2. The van der Waals surface area contributed by atoms with Gasteiger partial charge in [-0.25, -0.2) is 13.1 Å². The molecular weight excluding hydrogens is 280 g/mol. The molecule has 2 N–H and O–H groups in total. The highest BCUT2D eigenvalue weighted by Gasteiger charge is 2.14. The molecule has 0 amide bonds. The molecule has 0 spiro atoms. The van der Waals surface area contributed by atoms with E-state index in [4.69, 9.17) is 10.00 Å². The second kappa shape index (κ2) is 7.97. The summed E-state index contributed by atoms with van der Waals surface area (Å²) in [6.07, 6.45) is -0.429. The summed E-state index contributed by atoms with van der Waals surface area (Å²) in [4.78, 5) is 0. The lowest BCUT2D eigenvalue weighted by atomic mass is 10.1. The van der Waals surface area contributed by atoms with Crippen molar-refractivity contribution in [3.8, 4) is 6.07 Å². The summed E-state index contributed by atoms with van der Waals surface area (Å²) in [6, 6.07) is 8.52. The van der Waals surface area contributed by atoms with E-state index in [9.17, 15) is 13.5 Å². The average molecular weight is 298 g/mol. The highest BCUT2D eigenvalue weighted by Crippen LogP contribution is 2.10. The molecule has 0 aliphatic heterocycles. The molecular formula is C13H18N2O4S. The highest BCUT2D eigenvalue weighted by molar-refractivity contribution is 7.88. The molecule has 0 radical (unpaired) electrons. The molecule has 1 rings (SSSR count). The van der Waals surface area contributed by atoms with Crippen LogP contribution in [0.5, 0.6) is 0 Å². The van der Waals surface area contributed by atoms with Gasteiger partial charge in [0.2, 0.25) is 10.0 Å². The van der Waals surface area contributed by atoms with Gasteiger partial charge in [-0.15, -0.1) is 0 Å². The first-order valence-electron chi connectivity index (χ1n) is 6.11. The first kappa shape index (κ1) is 16.6.